The van der Waals surface area contributed by atoms with E-state index in [1.165, 1.54) is 11.3 Å². The summed E-state index contributed by atoms with van der Waals surface area (Å²) in [5.74, 6) is 0. The predicted octanol–water partition coefficient (Wildman–Crippen LogP) is 3.86. The van der Waals surface area contributed by atoms with Crippen LogP contribution in [0.1, 0.15) is 43.3 Å². The highest BCUT2D eigenvalue weighted by atomic mass is 79.9. The highest BCUT2D eigenvalue weighted by Gasteiger charge is 2.15. The number of rotatable bonds is 6. The van der Waals surface area contributed by atoms with Crippen LogP contribution in [0.4, 0.5) is 0 Å². The smallest absolute Gasteiger partial charge is 0.0766 e. The highest BCUT2D eigenvalue weighted by Crippen LogP contribution is 2.25. The van der Waals surface area contributed by atoms with Crippen molar-refractivity contribution in [2.24, 2.45) is 5.73 Å². The second-order valence-corrected chi connectivity index (χ2v) is 5.73. The van der Waals surface area contributed by atoms with Gasteiger partial charge >= 0.3 is 0 Å². The summed E-state index contributed by atoms with van der Waals surface area (Å²) >= 11 is 3.69. The van der Waals surface area contributed by atoms with E-state index in [9.17, 15) is 0 Å². The summed E-state index contributed by atoms with van der Waals surface area (Å²) in [5.41, 5.74) is 9.87. The first-order chi connectivity index (χ1) is 9.67. The van der Waals surface area contributed by atoms with E-state index in [0.29, 0.717) is 0 Å². The summed E-state index contributed by atoms with van der Waals surface area (Å²) < 4.78 is 3.24. The van der Waals surface area contributed by atoms with Gasteiger partial charge in [-0.25, -0.2) is 0 Å². The Morgan fingerprint density at radius 2 is 1.95 bits per heavy atom. The Bertz CT molecular complexity index is 548. The maximum atomic E-state index is 6.28. The minimum absolute atomic E-state index is 0.0772. The molecule has 0 saturated carbocycles. The number of hydrogen-bond donors (Lipinski definition) is 1. The number of hydrogen-bond acceptors (Lipinski definition) is 2. The van der Waals surface area contributed by atoms with E-state index in [1.807, 2.05) is 18.2 Å². The molecule has 0 aliphatic heterocycles. The molecule has 0 aliphatic rings. The summed E-state index contributed by atoms with van der Waals surface area (Å²) in [4.78, 5) is 0. The molecule has 2 aromatic rings. The van der Waals surface area contributed by atoms with Gasteiger partial charge in [0.1, 0.15) is 0 Å². The quantitative estimate of drug-likeness (QED) is 0.870. The van der Waals surface area contributed by atoms with Crippen LogP contribution in [0.3, 0.4) is 0 Å². The molecule has 2 rings (SSSR count). The van der Waals surface area contributed by atoms with E-state index < -0.39 is 0 Å². The van der Waals surface area contributed by atoms with Gasteiger partial charge in [0.05, 0.1) is 15.9 Å². The van der Waals surface area contributed by atoms with Crippen LogP contribution in [0.15, 0.2) is 34.8 Å². The van der Waals surface area contributed by atoms with Crippen LogP contribution in [-0.4, -0.2) is 9.78 Å². The molecule has 108 valence electrons. The molecule has 1 aromatic heterocycles. The van der Waals surface area contributed by atoms with E-state index in [1.54, 1.807) is 0 Å². The van der Waals surface area contributed by atoms with Crippen LogP contribution < -0.4 is 5.73 Å². The van der Waals surface area contributed by atoms with Gasteiger partial charge in [-0.2, -0.15) is 5.10 Å². The molecule has 3 nitrogen and oxygen atoms in total. The molecule has 1 atom stereocenters. The van der Waals surface area contributed by atoms with Crippen molar-refractivity contribution in [1.29, 1.82) is 0 Å². The van der Waals surface area contributed by atoms with Crippen molar-refractivity contribution in [3.05, 3.63) is 51.8 Å². The minimum Gasteiger partial charge on any atom is -0.324 e. The lowest BCUT2D eigenvalue weighted by Crippen LogP contribution is -2.13. The van der Waals surface area contributed by atoms with Crippen LogP contribution in [0, 0.1) is 0 Å². The molecular formula is C16H22BrN3. The first-order valence-electron chi connectivity index (χ1n) is 7.21. The Kier molecular flexibility index (Phi) is 5.38. The van der Waals surface area contributed by atoms with Crippen LogP contribution in [0.5, 0.6) is 0 Å². The Labute approximate surface area is 129 Å². The lowest BCUT2D eigenvalue weighted by molar-refractivity contribution is 0.576. The van der Waals surface area contributed by atoms with Gasteiger partial charge in [-0.3, -0.25) is 4.68 Å². The number of nitrogens with zero attached hydrogens (tertiary/aromatic N) is 2. The fraction of sp³-hybridized carbons (Fsp3) is 0.438. The van der Waals surface area contributed by atoms with Crippen LogP contribution in [0.2, 0.25) is 0 Å². The van der Waals surface area contributed by atoms with Gasteiger partial charge < -0.3 is 5.73 Å². The molecule has 0 fully saturated rings. The van der Waals surface area contributed by atoms with Gasteiger partial charge in [0.25, 0.3) is 0 Å². The average Bonchev–Trinajstić information content (AvgIpc) is 2.81. The van der Waals surface area contributed by atoms with Crippen molar-refractivity contribution in [3.63, 3.8) is 0 Å². The van der Waals surface area contributed by atoms with E-state index in [0.717, 1.165) is 36.0 Å². The van der Waals surface area contributed by atoms with Gasteiger partial charge in [-0.05, 0) is 47.7 Å². The third-order valence-corrected chi connectivity index (χ3v) is 4.53. The van der Waals surface area contributed by atoms with Crippen LogP contribution in [-0.2, 0) is 19.4 Å². The molecular weight excluding hydrogens is 314 g/mol. The van der Waals surface area contributed by atoms with Crippen molar-refractivity contribution in [2.75, 3.05) is 0 Å². The third kappa shape index (κ3) is 3.30. The van der Waals surface area contributed by atoms with Crippen LogP contribution >= 0.6 is 15.9 Å². The summed E-state index contributed by atoms with van der Waals surface area (Å²) in [6, 6.07) is 10.4. The summed E-state index contributed by atoms with van der Waals surface area (Å²) in [6.45, 7) is 5.15. The zero-order chi connectivity index (χ0) is 14.5. The van der Waals surface area contributed by atoms with Gasteiger partial charge in [-0.1, -0.05) is 37.3 Å². The normalized spacial score (nSPS) is 12.6. The molecule has 2 N–H and O–H groups in total. The Morgan fingerprint density at radius 1 is 1.25 bits per heavy atom. The molecule has 4 heteroatoms. The largest absolute Gasteiger partial charge is 0.324 e. The SMILES string of the molecule is CCc1nn(CC)c(CCC(N)c2ccccc2)c1Br. The number of aromatic nitrogens is 2. The molecule has 0 bridgehead atoms. The lowest BCUT2D eigenvalue weighted by Gasteiger charge is -2.12. The van der Waals surface area contributed by atoms with Gasteiger partial charge in [-0.15, -0.1) is 0 Å². The Morgan fingerprint density at radius 3 is 2.55 bits per heavy atom. The van der Waals surface area contributed by atoms with E-state index in [-0.39, 0.29) is 6.04 Å². The standard InChI is InChI=1S/C16H22BrN3/c1-3-14-16(17)15(20(4-2)19-14)11-10-13(18)12-8-6-5-7-9-12/h5-9,13H,3-4,10-11,18H2,1-2H3. The molecule has 0 aliphatic carbocycles. The fourth-order valence-electron chi connectivity index (χ4n) is 2.42. The van der Waals surface area contributed by atoms with Gasteiger partial charge in [0.2, 0.25) is 0 Å². The van der Waals surface area contributed by atoms with Crippen molar-refractivity contribution in [3.8, 4) is 0 Å². The highest BCUT2D eigenvalue weighted by molar-refractivity contribution is 9.10. The Balaban J connectivity index is 2.09. The number of benzene rings is 1. The third-order valence-electron chi connectivity index (χ3n) is 3.61. The molecule has 1 heterocycles. The monoisotopic (exact) mass is 335 g/mol. The average molecular weight is 336 g/mol. The predicted molar refractivity (Wildman–Crippen MR) is 86.7 cm³/mol. The molecule has 0 amide bonds. The molecule has 0 radical (unpaired) electrons. The Hall–Kier alpha value is -1.13. The van der Waals surface area contributed by atoms with Crippen molar-refractivity contribution in [2.45, 2.75) is 45.7 Å². The van der Waals surface area contributed by atoms with Crippen molar-refractivity contribution in [1.82, 2.24) is 9.78 Å². The number of nitrogens with two attached hydrogens (primary N) is 1. The maximum absolute atomic E-state index is 6.28. The number of aryl methyl sites for hydroxylation is 2. The molecule has 20 heavy (non-hydrogen) atoms. The minimum atomic E-state index is 0.0772. The number of halogens is 1. The first-order valence-corrected chi connectivity index (χ1v) is 8.01. The molecule has 1 aromatic carbocycles. The molecule has 0 saturated heterocycles. The van der Waals surface area contributed by atoms with E-state index in [4.69, 9.17) is 5.73 Å². The van der Waals surface area contributed by atoms with Crippen molar-refractivity contribution < 1.29 is 0 Å². The van der Waals surface area contributed by atoms with Gasteiger partial charge in [0.15, 0.2) is 0 Å². The maximum Gasteiger partial charge on any atom is 0.0766 e. The first kappa shape index (κ1) is 15.3. The van der Waals surface area contributed by atoms with E-state index >= 15 is 0 Å². The second-order valence-electron chi connectivity index (χ2n) is 4.93. The summed E-state index contributed by atoms with van der Waals surface area (Å²) in [6.07, 6.45) is 2.82. The summed E-state index contributed by atoms with van der Waals surface area (Å²) in [7, 11) is 0. The lowest BCUT2D eigenvalue weighted by atomic mass is 10.0. The van der Waals surface area contributed by atoms with E-state index in [2.05, 4.69) is 51.7 Å². The van der Waals surface area contributed by atoms with Crippen LogP contribution in [0.25, 0.3) is 0 Å². The van der Waals surface area contributed by atoms with Crippen molar-refractivity contribution >= 4 is 15.9 Å². The fourth-order valence-corrected chi connectivity index (χ4v) is 3.18. The topological polar surface area (TPSA) is 43.8 Å². The van der Waals surface area contributed by atoms with Gasteiger partial charge in [0, 0.05) is 12.6 Å². The zero-order valence-corrected chi connectivity index (χ0v) is 13.7. The summed E-state index contributed by atoms with van der Waals surface area (Å²) in [5, 5.41) is 4.63. The zero-order valence-electron chi connectivity index (χ0n) is 12.1. The molecule has 1 unspecified atom stereocenters. The second kappa shape index (κ2) is 7.04. The molecule has 0 spiro atoms.